The van der Waals surface area contributed by atoms with Crippen LogP contribution in [-0.2, 0) is 0 Å². The van der Waals surface area contributed by atoms with Crippen molar-refractivity contribution in [1.82, 2.24) is 10.4 Å². The molecule has 0 bridgehead atoms. The number of β-amino-alcohol motifs (C(OH)–C–C–N with tert-alkyl or cyclic N) is 1. The van der Waals surface area contributed by atoms with Gasteiger partial charge in [-0.15, -0.1) is 0 Å². The maximum absolute atomic E-state index is 8.39. The monoisotopic (exact) mass is 115 g/mol. The van der Waals surface area contributed by atoms with Crippen LogP contribution >= 0.6 is 0 Å². The number of hydrogen-bond acceptors (Lipinski definition) is 4. The molecule has 0 aromatic heterocycles. The third-order valence-electron chi connectivity index (χ3n) is 0.954. The molecule has 0 aromatic carbocycles. The summed E-state index contributed by atoms with van der Waals surface area (Å²) in [5.41, 5.74) is 2.84. The number of aliphatic hydroxyl groups excluding tert-OH is 1. The van der Waals surface area contributed by atoms with Crippen molar-refractivity contribution in [3.05, 3.63) is 0 Å². The molecule has 0 radical (unpaired) electrons. The second kappa shape index (κ2) is 2.64. The van der Waals surface area contributed by atoms with Gasteiger partial charge in [0.15, 0.2) is 0 Å². The first kappa shape index (κ1) is 5.53. The lowest BCUT2D eigenvalue weighted by molar-refractivity contribution is 0.189. The van der Waals surface area contributed by atoms with Gasteiger partial charge in [-0.05, 0) is 0 Å². The average Bonchev–Trinajstić information content (AvgIpc) is 2.19. The summed E-state index contributed by atoms with van der Waals surface area (Å²) in [6.07, 6.45) is 1.62. The molecular formula is C4H9N3O. The van der Waals surface area contributed by atoms with E-state index < -0.39 is 0 Å². The predicted molar refractivity (Wildman–Crippen MR) is 30.3 cm³/mol. The van der Waals surface area contributed by atoms with Gasteiger partial charge in [0.05, 0.1) is 12.9 Å². The molecule has 1 aliphatic heterocycles. The highest BCUT2D eigenvalue weighted by Crippen LogP contribution is 1.84. The molecule has 4 heteroatoms. The van der Waals surface area contributed by atoms with Crippen molar-refractivity contribution < 1.29 is 5.11 Å². The first-order chi connectivity index (χ1) is 3.93. The zero-order chi connectivity index (χ0) is 5.82. The van der Waals surface area contributed by atoms with Gasteiger partial charge in [-0.2, -0.15) is 5.01 Å². The van der Waals surface area contributed by atoms with Crippen LogP contribution in [0.25, 0.3) is 0 Å². The molecule has 0 atom stereocenters. The van der Waals surface area contributed by atoms with Gasteiger partial charge >= 0.3 is 0 Å². The van der Waals surface area contributed by atoms with E-state index in [1.54, 1.807) is 6.34 Å². The van der Waals surface area contributed by atoms with Crippen molar-refractivity contribution in [3.8, 4) is 0 Å². The maximum Gasteiger partial charge on any atom is 0.110 e. The fraction of sp³-hybridized carbons (Fsp3) is 0.750. The largest absolute Gasteiger partial charge is 0.395 e. The van der Waals surface area contributed by atoms with Gasteiger partial charge < -0.3 is 10.5 Å². The third-order valence-corrected chi connectivity index (χ3v) is 0.954. The second-order valence-corrected chi connectivity index (χ2v) is 1.57. The van der Waals surface area contributed by atoms with Gasteiger partial charge in [0.2, 0.25) is 0 Å². The number of rotatable bonds is 2. The highest BCUT2D eigenvalue weighted by molar-refractivity contribution is 5.54. The van der Waals surface area contributed by atoms with Gasteiger partial charge in [-0.1, -0.05) is 0 Å². The van der Waals surface area contributed by atoms with E-state index in [-0.39, 0.29) is 6.61 Å². The third kappa shape index (κ3) is 1.18. The summed E-state index contributed by atoms with van der Waals surface area (Å²) in [5.74, 6) is 0. The lowest BCUT2D eigenvalue weighted by atomic mass is 10.7. The fourth-order valence-corrected chi connectivity index (χ4v) is 0.559. The van der Waals surface area contributed by atoms with E-state index >= 15 is 0 Å². The zero-order valence-corrected chi connectivity index (χ0v) is 4.54. The van der Waals surface area contributed by atoms with Gasteiger partial charge in [0, 0.05) is 6.54 Å². The van der Waals surface area contributed by atoms with E-state index in [0.29, 0.717) is 13.2 Å². The van der Waals surface area contributed by atoms with Gasteiger partial charge in [-0.3, -0.25) is 4.99 Å². The zero-order valence-electron chi connectivity index (χ0n) is 4.54. The minimum Gasteiger partial charge on any atom is -0.395 e. The molecule has 1 heterocycles. The molecule has 0 spiro atoms. The summed E-state index contributed by atoms with van der Waals surface area (Å²) in [5, 5.41) is 10.2. The number of aliphatic imine (C=N–C) groups is 1. The molecule has 0 fully saturated rings. The molecule has 8 heavy (non-hydrogen) atoms. The Hall–Kier alpha value is -0.610. The normalized spacial score (nSPS) is 19.1. The number of nitrogens with one attached hydrogen (secondary N) is 1. The Balaban J connectivity index is 2.10. The molecule has 4 nitrogen and oxygen atoms in total. The Labute approximate surface area is 47.8 Å². The molecule has 0 amide bonds. The van der Waals surface area contributed by atoms with Crippen molar-refractivity contribution in [1.29, 1.82) is 0 Å². The van der Waals surface area contributed by atoms with Crippen LogP contribution in [0, 0.1) is 0 Å². The summed E-state index contributed by atoms with van der Waals surface area (Å²) in [7, 11) is 0. The SMILES string of the molecule is OCCN1CN=CN1. The van der Waals surface area contributed by atoms with Crippen LogP contribution in [-0.4, -0.2) is 36.3 Å². The van der Waals surface area contributed by atoms with E-state index in [1.807, 2.05) is 5.01 Å². The molecule has 0 aromatic rings. The highest BCUT2D eigenvalue weighted by Gasteiger charge is 2.02. The van der Waals surface area contributed by atoms with Gasteiger partial charge in [-0.25, -0.2) is 0 Å². The Morgan fingerprint density at radius 2 is 2.75 bits per heavy atom. The number of hydrazine groups is 1. The van der Waals surface area contributed by atoms with Crippen LogP contribution in [0.5, 0.6) is 0 Å². The topological polar surface area (TPSA) is 47.9 Å². The Bertz CT molecular complexity index is 85.3. The van der Waals surface area contributed by atoms with Crippen molar-refractivity contribution in [2.45, 2.75) is 0 Å². The number of aliphatic hydroxyl groups is 1. The van der Waals surface area contributed by atoms with E-state index in [0.717, 1.165) is 0 Å². The fourth-order valence-electron chi connectivity index (χ4n) is 0.559. The lowest BCUT2D eigenvalue weighted by Crippen LogP contribution is -2.34. The van der Waals surface area contributed by atoms with E-state index in [1.165, 1.54) is 0 Å². The molecule has 0 unspecified atom stereocenters. The molecule has 46 valence electrons. The highest BCUT2D eigenvalue weighted by atomic mass is 16.3. The van der Waals surface area contributed by atoms with Gasteiger partial charge in [0.25, 0.3) is 0 Å². The van der Waals surface area contributed by atoms with Crippen LogP contribution in [0.1, 0.15) is 0 Å². The predicted octanol–water partition coefficient (Wildman–Crippen LogP) is -1.22. The quantitative estimate of drug-likeness (QED) is 0.474. The van der Waals surface area contributed by atoms with E-state index in [2.05, 4.69) is 10.4 Å². The smallest absolute Gasteiger partial charge is 0.110 e. The van der Waals surface area contributed by atoms with Crippen molar-refractivity contribution in [2.75, 3.05) is 19.8 Å². The van der Waals surface area contributed by atoms with Crippen LogP contribution < -0.4 is 5.43 Å². The van der Waals surface area contributed by atoms with Crippen molar-refractivity contribution in [2.24, 2.45) is 4.99 Å². The average molecular weight is 115 g/mol. The summed E-state index contributed by atoms with van der Waals surface area (Å²) in [4.78, 5) is 3.86. The maximum atomic E-state index is 8.39. The van der Waals surface area contributed by atoms with Crippen molar-refractivity contribution >= 4 is 6.34 Å². The number of nitrogens with zero attached hydrogens (tertiary/aromatic N) is 2. The minimum atomic E-state index is 0.177. The summed E-state index contributed by atoms with van der Waals surface area (Å²) in [6.45, 7) is 1.47. The van der Waals surface area contributed by atoms with Crippen molar-refractivity contribution in [3.63, 3.8) is 0 Å². The summed E-state index contributed by atoms with van der Waals surface area (Å²) in [6, 6.07) is 0. The molecule has 0 saturated heterocycles. The van der Waals surface area contributed by atoms with Crippen LogP contribution in [0.3, 0.4) is 0 Å². The Morgan fingerprint density at radius 3 is 3.25 bits per heavy atom. The molecule has 0 saturated carbocycles. The first-order valence-corrected chi connectivity index (χ1v) is 2.54. The second-order valence-electron chi connectivity index (χ2n) is 1.57. The van der Waals surface area contributed by atoms with Crippen LogP contribution in [0.2, 0.25) is 0 Å². The summed E-state index contributed by atoms with van der Waals surface area (Å²) >= 11 is 0. The lowest BCUT2D eigenvalue weighted by Gasteiger charge is -2.10. The Morgan fingerprint density at radius 1 is 1.88 bits per heavy atom. The molecular weight excluding hydrogens is 106 g/mol. The number of hydrogen-bond donors (Lipinski definition) is 2. The van der Waals surface area contributed by atoms with E-state index in [9.17, 15) is 0 Å². The summed E-state index contributed by atoms with van der Waals surface area (Å²) < 4.78 is 0. The van der Waals surface area contributed by atoms with Crippen LogP contribution in [0.4, 0.5) is 0 Å². The molecule has 2 N–H and O–H groups in total. The van der Waals surface area contributed by atoms with E-state index in [4.69, 9.17) is 5.11 Å². The molecule has 0 aliphatic carbocycles. The standard InChI is InChI=1S/C4H9N3O/c8-2-1-7-4-5-3-6-7/h3,8H,1-2,4H2,(H,5,6). The minimum absolute atomic E-state index is 0.177. The molecule has 1 rings (SSSR count). The Kier molecular flexibility index (Phi) is 1.82. The van der Waals surface area contributed by atoms with Gasteiger partial charge in [0.1, 0.15) is 6.67 Å². The first-order valence-electron chi connectivity index (χ1n) is 2.54. The molecule has 1 aliphatic rings. The van der Waals surface area contributed by atoms with Crippen LogP contribution in [0.15, 0.2) is 4.99 Å².